The molecular formula is C8H8N2S2. The molecule has 0 aromatic carbocycles. The Morgan fingerprint density at radius 2 is 2.42 bits per heavy atom. The van der Waals surface area contributed by atoms with Crippen LogP contribution in [0.3, 0.4) is 0 Å². The van der Waals surface area contributed by atoms with Gasteiger partial charge in [-0.1, -0.05) is 0 Å². The van der Waals surface area contributed by atoms with Crippen LogP contribution in [0.1, 0.15) is 4.88 Å². The number of thiophene rings is 1. The molecule has 2 N–H and O–H groups in total. The first kappa shape index (κ1) is 7.91. The van der Waals surface area contributed by atoms with Crippen molar-refractivity contribution in [2.75, 3.05) is 0 Å². The third-order valence-corrected chi connectivity index (χ3v) is 3.27. The fourth-order valence-electron chi connectivity index (χ4n) is 0.921. The Balaban J connectivity index is 2.35. The highest BCUT2D eigenvalue weighted by Gasteiger charge is 2.02. The van der Waals surface area contributed by atoms with Crippen molar-refractivity contribution in [2.45, 2.75) is 6.54 Å². The molecule has 2 aromatic heterocycles. The molecule has 0 fully saturated rings. The number of thiazole rings is 1. The Morgan fingerprint density at radius 3 is 3.00 bits per heavy atom. The smallest absolute Gasteiger partial charge is 0.124 e. The van der Waals surface area contributed by atoms with E-state index in [0.29, 0.717) is 6.54 Å². The summed E-state index contributed by atoms with van der Waals surface area (Å²) in [7, 11) is 0. The lowest BCUT2D eigenvalue weighted by Crippen LogP contribution is -1.91. The maximum absolute atomic E-state index is 5.49. The lowest BCUT2D eigenvalue weighted by molar-refractivity contribution is 1.10. The zero-order chi connectivity index (χ0) is 8.39. The van der Waals surface area contributed by atoms with Crippen LogP contribution in [0.2, 0.25) is 0 Å². The average molecular weight is 196 g/mol. The quantitative estimate of drug-likeness (QED) is 0.800. The van der Waals surface area contributed by atoms with Gasteiger partial charge < -0.3 is 5.73 Å². The molecular weight excluding hydrogens is 188 g/mol. The first-order chi connectivity index (χ1) is 5.90. The minimum absolute atomic E-state index is 0.585. The second-order valence-electron chi connectivity index (χ2n) is 2.35. The van der Waals surface area contributed by atoms with Crippen molar-refractivity contribution < 1.29 is 0 Å². The SMILES string of the molecule is NCc1cnc(-c2ccsc2)s1. The van der Waals surface area contributed by atoms with E-state index in [2.05, 4.69) is 21.8 Å². The van der Waals surface area contributed by atoms with E-state index in [0.717, 1.165) is 9.88 Å². The molecule has 12 heavy (non-hydrogen) atoms. The Bertz CT molecular complexity index is 351. The van der Waals surface area contributed by atoms with E-state index >= 15 is 0 Å². The van der Waals surface area contributed by atoms with Gasteiger partial charge in [0.25, 0.3) is 0 Å². The van der Waals surface area contributed by atoms with Crippen molar-refractivity contribution in [2.24, 2.45) is 5.73 Å². The van der Waals surface area contributed by atoms with Crippen LogP contribution in [0.15, 0.2) is 23.0 Å². The Hall–Kier alpha value is -0.710. The fraction of sp³-hybridized carbons (Fsp3) is 0.125. The summed E-state index contributed by atoms with van der Waals surface area (Å²) < 4.78 is 0. The summed E-state index contributed by atoms with van der Waals surface area (Å²) in [6, 6.07) is 2.07. The fourth-order valence-corrected chi connectivity index (χ4v) is 2.42. The topological polar surface area (TPSA) is 38.9 Å². The van der Waals surface area contributed by atoms with Gasteiger partial charge in [0.2, 0.25) is 0 Å². The second kappa shape index (κ2) is 3.35. The van der Waals surface area contributed by atoms with Crippen molar-refractivity contribution in [3.8, 4) is 10.6 Å². The van der Waals surface area contributed by atoms with E-state index in [-0.39, 0.29) is 0 Å². The zero-order valence-electron chi connectivity index (χ0n) is 6.36. The third kappa shape index (κ3) is 1.41. The minimum Gasteiger partial charge on any atom is -0.326 e. The van der Waals surface area contributed by atoms with E-state index in [9.17, 15) is 0 Å². The highest BCUT2D eigenvalue weighted by molar-refractivity contribution is 7.15. The first-order valence-electron chi connectivity index (χ1n) is 3.57. The summed E-state index contributed by atoms with van der Waals surface area (Å²) in [6.45, 7) is 0.585. The van der Waals surface area contributed by atoms with Crippen molar-refractivity contribution in [1.29, 1.82) is 0 Å². The van der Waals surface area contributed by atoms with Gasteiger partial charge in [0.05, 0.1) is 0 Å². The summed E-state index contributed by atoms with van der Waals surface area (Å²) in [5, 5.41) is 5.22. The third-order valence-electron chi connectivity index (χ3n) is 1.52. The van der Waals surface area contributed by atoms with Crippen LogP contribution in [0.25, 0.3) is 10.6 Å². The molecule has 2 heterocycles. The van der Waals surface area contributed by atoms with Crippen LogP contribution in [0.4, 0.5) is 0 Å². The molecule has 0 atom stereocenters. The molecule has 0 amide bonds. The van der Waals surface area contributed by atoms with E-state index in [1.807, 2.05) is 6.20 Å². The summed E-state index contributed by atoms with van der Waals surface area (Å²) >= 11 is 3.35. The highest BCUT2D eigenvalue weighted by atomic mass is 32.1. The second-order valence-corrected chi connectivity index (χ2v) is 4.24. The van der Waals surface area contributed by atoms with E-state index < -0.39 is 0 Å². The van der Waals surface area contributed by atoms with Crippen LogP contribution in [0.5, 0.6) is 0 Å². The number of hydrogen-bond acceptors (Lipinski definition) is 4. The molecule has 4 heteroatoms. The van der Waals surface area contributed by atoms with Gasteiger partial charge in [-0.2, -0.15) is 11.3 Å². The van der Waals surface area contributed by atoms with Gasteiger partial charge in [-0.25, -0.2) is 4.98 Å². The van der Waals surface area contributed by atoms with Crippen LogP contribution in [-0.2, 0) is 6.54 Å². The van der Waals surface area contributed by atoms with E-state index in [1.165, 1.54) is 5.56 Å². The molecule has 0 unspecified atom stereocenters. The predicted molar refractivity (Wildman–Crippen MR) is 53.3 cm³/mol. The van der Waals surface area contributed by atoms with Gasteiger partial charge in [0, 0.05) is 28.6 Å². The number of rotatable bonds is 2. The standard InChI is InChI=1S/C8H8N2S2/c9-3-7-4-10-8(12-7)6-1-2-11-5-6/h1-2,4-5H,3,9H2. The van der Waals surface area contributed by atoms with Crippen LogP contribution < -0.4 is 5.73 Å². The number of aromatic nitrogens is 1. The molecule has 0 radical (unpaired) electrons. The summed E-state index contributed by atoms with van der Waals surface area (Å²) in [4.78, 5) is 5.41. The maximum atomic E-state index is 5.49. The average Bonchev–Trinajstić information content (AvgIpc) is 2.75. The van der Waals surface area contributed by atoms with Crippen molar-refractivity contribution >= 4 is 22.7 Å². The normalized spacial score (nSPS) is 10.4. The van der Waals surface area contributed by atoms with Gasteiger partial charge in [-0.15, -0.1) is 11.3 Å². The Labute approximate surface area is 78.7 Å². The molecule has 0 saturated carbocycles. The molecule has 62 valence electrons. The monoisotopic (exact) mass is 196 g/mol. The molecule has 0 aliphatic carbocycles. The van der Waals surface area contributed by atoms with Crippen molar-refractivity contribution in [1.82, 2.24) is 4.98 Å². The highest BCUT2D eigenvalue weighted by Crippen LogP contribution is 2.26. The molecule has 0 saturated heterocycles. The zero-order valence-corrected chi connectivity index (χ0v) is 7.99. The van der Waals surface area contributed by atoms with E-state index in [1.54, 1.807) is 22.7 Å². The molecule has 0 bridgehead atoms. The van der Waals surface area contributed by atoms with Crippen molar-refractivity contribution in [3.05, 3.63) is 27.9 Å². The molecule has 2 aromatic rings. The van der Waals surface area contributed by atoms with Gasteiger partial charge in [0.15, 0.2) is 0 Å². The predicted octanol–water partition coefficient (Wildman–Crippen LogP) is 2.33. The molecule has 0 spiro atoms. The lowest BCUT2D eigenvalue weighted by atomic mass is 10.4. The number of nitrogens with two attached hydrogens (primary N) is 1. The van der Waals surface area contributed by atoms with Crippen LogP contribution in [-0.4, -0.2) is 4.98 Å². The van der Waals surface area contributed by atoms with Gasteiger partial charge in [-0.05, 0) is 11.4 Å². The summed E-state index contributed by atoms with van der Waals surface area (Å²) in [6.07, 6.45) is 1.84. The maximum Gasteiger partial charge on any atom is 0.124 e. The Morgan fingerprint density at radius 1 is 1.50 bits per heavy atom. The molecule has 2 nitrogen and oxygen atoms in total. The lowest BCUT2D eigenvalue weighted by Gasteiger charge is -1.85. The molecule has 2 rings (SSSR count). The van der Waals surface area contributed by atoms with Crippen LogP contribution in [0, 0.1) is 0 Å². The van der Waals surface area contributed by atoms with E-state index in [4.69, 9.17) is 5.73 Å². The summed E-state index contributed by atoms with van der Waals surface area (Å²) in [5.41, 5.74) is 6.69. The largest absolute Gasteiger partial charge is 0.326 e. The minimum atomic E-state index is 0.585. The van der Waals surface area contributed by atoms with Crippen LogP contribution >= 0.6 is 22.7 Å². The summed E-state index contributed by atoms with van der Waals surface area (Å²) in [5.74, 6) is 0. The Kier molecular flexibility index (Phi) is 2.21. The number of hydrogen-bond donors (Lipinski definition) is 1. The van der Waals surface area contributed by atoms with Crippen molar-refractivity contribution in [3.63, 3.8) is 0 Å². The first-order valence-corrected chi connectivity index (χ1v) is 5.33. The molecule has 0 aliphatic rings. The van der Waals surface area contributed by atoms with Gasteiger partial charge in [0.1, 0.15) is 5.01 Å². The molecule has 0 aliphatic heterocycles. The number of nitrogens with zero attached hydrogens (tertiary/aromatic N) is 1. The van der Waals surface area contributed by atoms with Gasteiger partial charge in [-0.3, -0.25) is 0 Å². The van der Waals surface area contributed by atoms with Gasteiger partial charge >= 0.3 is 0 Å².